The molecule has 0 spiro atoms. The van der Waals surface area contributed by atoms with Crippen molar-refractivity contribution in [2.75, 3.05) is 18.5 Å². The van der Waals surface area contributed by atoms with Crippen molar-refractivity contribution in [2.45, 2.75) is 64.4 Å². The summed E-state index contributed by atoms with van der Waals surface area (Å²) in [6.45, 7) is 7.84. The summed E-state index contributed by atoms with van der Waals surface area (Å²) in [4.78, 5) is 11.6. The Morgan fingerprint density at radius 1 is 1.03 bits per heavy atom. The minimum atomic E-state index is -6.20. The maximum absolute atomic E-state index is 14.4. The molecule has 0 heterocycles. The van der Waals surface area contributed by atoms with Crippen LogP contribution in [0.2, 0.25) is 0 Å². The first-order valence-corrected chi connectivity index (χ1v) is 9.01. The molecule has 0 saturated heterocycles. The lowest BCUT2D eigenvalue weighted by Crippen LogP contribution is -2.53. The number of hydrogen-bond acceptors (Lipinski definition) is 4. The summed E-state index contributed by atoms with van der Waals surface area (Å²) < 4.78 is 85.6. The quantitative estimate of drug-likeness (QED) is 0.439. The van der Waals surface area contributed by atoms with Crippen molar-refractivity contribution in [2.24, 2.45) is 0 Å². The molecular weight excluding hydrogens is 404 g/mol. The number of carbonyl (C=O) groups excluding carboxylic acids is 1. The molecule has 0 radical (unpaired) electrons. The highest BCUT2D eigenvalue weighted by Crippen LogP contribution is 2.50. The fourth-order valence-corrected chi connectivity index (χ4v) is 2.73. The molecule has 0 aromatic heterocycles. The average molecular weight is 429 g/mol. The molecule has 10 heteroatoms. The van der Waals surface area contributed by atoms with Gasteiger partial charge in [0.2, 0.25) is 0 Å². The molecule has 4 nitrogen and oxygen atoms in total. The molecular formula is C19H25F6NO3. The number of halogens is 6. The van der Waals surface area contributed by atoms with E-state index >= 15 is 0 Å². The lowest BCUT2D eigenvalue weighted by atomic mass is 9.87. The zero-order chi connectivity index (χ0) is 22.8. The summed E-state index contributed by atoms with van der Waals surface area (Å²) in [7, 11) is 0. The first-order chi connectivity index (χ1) is 13.1. The van der Waals surface area contributed by atoms with Crippen LogP contribution in [0, 0.1) is 0 Å². The second-order valence-corrected chi connectivity index (χ2v) is 7.19. The predicted octanol–water partition coefficient (Wildman–Crippen LogP) is 5.22. The van der Waals surface area contributed by atoms with Gasteiger partial charge in [-0.05, 0) is 42.0 Å². The van der Waals surface area contributed by atoms with E-state index in [0.717, 1.165) is 0 Å². The number of anilines is 1. The number of ether oxygens (including phenoxy) is 1. The molecule has 0 aliphatic carbocycles. The molecule has 1 atom stereocenters. The van der Waals surface area contributed by atoms with Crippen molar-refractivity contribution in [1.29, 1.82) is 0 Å². The molecule has 0 amide bonds. The number of nitrogens with one attached hydrogen (secondary N) is 1. The third-order valence-corrected chi connectivity index (χ3v) is 4.31. The molecule has 1 aromatic carbocycles. The molecule has 166 valence electrons. The van der Waals surface area contributed by atoms with Crippen LogP contribution in [0.3, 0.4) is 0 Å². The Labute approximate surface area is 165 Å². The monoisotopic (exact) mass is 429 g/mol. The Hall–Kier alpha value is -1.97. The second kappa shape index (κ2) is 8.81. The molecule has 0 bridgehead atoms. The maximum Gasteiger partial charge on any atom is 0.455 e. The molecule has 0 aliphatic heterocycles. The van der Waals surface area contributed by atoms with Crippen molar-refractivity contribution < 1.29 is 41.0 Å². The maximum atomic E-state index is 14.4. The summed E-state index contributed by atoms with van der Waals surface area (Å²) in [5.41, 5.74) is -0.743. The molecule has 1 unspecified atom stereocenters. The van der Waals surface area contributed by atoms with E-state index in [0.29, 0.717) is 12.1 Å². The minimum Gasteiger partial charge on any atom is -0.465 e. The van der Waals surface area contributed by atoms with Crippen molar-refractivity contribution in [3.63, 3.8) is 0 Å². The van der Waals surface area contributed by atoms with Crippen molar-refractivity contribution in [3.8, 4) is 0 Å². The Morgan fingerprint density at radius 2 is 1.48 bits per heavy atom. The number of hydrogen-bond donors (Lipinski definition) is 2. The molecule has 2 N–H and O–H groups in total. The predicted molar refractivity (Wildman–Crippen MR) is 95.7 cm³/mol. The van der Waals surface area contributed by atoms with Gasteiger partial charge < -0.3 is 15.2 Å². The molecule has 1 rings (SSSR count). The summed E-state index contributed by atoms with van der Waals surface area (Å²) in [5, 5.41) is 11.8. The third-order valence-electron chi connectivity index (χ3n) is 4.31. The molecule has 0 aliphatic rings. The van der Waals surface area contributed by atoms with Gasteiger partial charge in [-0.15, -0.1) is 0 Å². The van der Waals surface area contributed by atoms with Crippen LogP contribution in [0.15, 0.2) is 12.1 Å². The molecule has 29 heavy (non-hydrogen) atoms. The highest BCUT2D eigenvalue weighted by molar-refractivity contribution is 5.76. The lowest BCUT2D eigenvalue weighted by molar-refractivity contribution is -0.390. The highest BCUT2D eigenvalue weighted by atomic mass is 19.4. The van der Waals surface area contributed by atoms with Gasteiger partial charge in [0.15, 0.2) is 0 Å². The van der Waals surface area contributed by atoms with Gasteiger partial charge in [0, 0.05) is 11.3 Å². The number of alkyl halides is 6. The molecule has 0 fully saturated rings. The van der Waals surface area contributed by atoms with E-state index in [1.54, 1.807) is 34.6 Å². The number of rotatable bonds is 8. The van der Waals surface area contributed by atoms with Gasteiger partial charge in [0.05, 0.1) is 6.61 Å². The summed E-state index contributed by atoms with van der Waals surface area (Å²) >= 11 is 0. The second-order valence-electron chi connectivity index (χ2n) is 7.19. The van der Waals surface area contributed by atoms with Gasteiger partial charge in [-0.25, -0.2) is 0 Å². The minimum absolute atomic E-state index is 0.131. The van der Waals surface area contributed by atoms with E-state index in [1.807, 2.05) is 0 Å². The van der Waals surface area contributed by atoms with Crippen molar-refractivity contribution in [1.82, 2.24) is 0 Å². The number of carbonyl (C=O) groups is 1. The van der Waals surface area contributed by atoms with Crippen LogP contribution in [0.1, 0.15) is 63.1 Å². The first kappa shape index (κ1) is 25.1. The largest absolute Gasteiger partial charge is 0.465 e. The van der Waals surface area contributed by atoms with E-state index < -0.39 is 41.3 Å². The smallest absolute Gasteiger partial charge is 0.455 e. The standard InChI is InChI=1S/C19H25F6NO3/c1-6-29-15(27)9-26-16-13(10(2)3)7-12(8-14(16)11(4)5)17(20,21)18(22,28)19(23,24)25/h7-8,10-11,26,28H,6,9H2,1-5H3. The normalized spacial score (nSPS) is 14.8. The van der Waals surface area contributed by atoms with Crippen LogP contribution in [-0.2, 0) is 15.5 Å². The number of esters is 1. The zero-order valence-electron chi connectivity index (χ0n) is 16.8. The topological polar surface area (TPSA) is 58.6 Å². The van der Waals surface area contributed by atoms with Gasteiger partial charge in [-0.2, -0.15) is 26.3 Å². The summed E-state index contributed by atoms with van der Waals surface area (Å²) in [6, 6.07) is 1.42. The first-order valence-electron chi connectivity index (χ1n) is 9.01. The summed E-state index contributed by atoms with van der Waals surface area (Å²) in [6.07, 6.45) is -6.20. The lowest BCUT2D eigenvalue weighted by Gasteiger charge is -2.32. The Bertz CT molecular complexity index is 700. The highest BCUT2D eigenvalue weighted by Gasteiger charge is 2.71. The van der Waals surface area contributed by atoms with E-state index in [4.69, 9.17) is 9.84 Å². The van der Waals surface area contributed by atoms with Crippen molar-refractivity contribution in [3.05, 3.63) is 28.8 Å². The van der Waals surface area contributed by atoms with E-state index in [1.165, 1.54) is 0 Å². The zero-order valence-corrected chi connectivity index (χ0v) is 16.8. The van der Waals surface area contributed by atoms with Crippen LogP contribution in [0.25, 0.3) is 0 Å². The fraction of sp³-hybridized carbons (Fsp3) is 0.632. The van der Waals surface area contributed by atoms with E-state index in [2.05, 4.69) is 5.32 Å². The molecule has 0 saturated carbocycles. The van der Waals surface area contributed by atoms with E-state index in [-0.39, 0.29) is 30.0 Å². The van der Waals surface area contributed by atoms with Crippen LogP contribution >= 0.6 is 0 Å². The number of aliphatic hydroxyl groups is 1. The number of benzene rings is 1. The average Bonchev–Trinajstić information content (AvgIpc) is 2.57. The summed E-state index contributed by atoms with van der Waals surface area (Å²) in [5.74, 6) is -12.5. The Kier molecular flexibility index (Phi) is 7.61. The van der Waals surface area contributed by atoms with Crippen LogP contribution in [0.5, 0.6) is 0 Å². The van der Waals surface area contributed by atoms with E-state index in [9.17, 15) is 31.1 Å². The van der Waals surface area contributed by atoms with Gasteiger partial charge >= 0.3 is 23.9 Å². The van der Waals surface area contributed by atoms with Gasteiger partial charge in [0.1, 0.15) is 6.54 Å². The Balaban J connectivity index is 3.60. The van der Waals surface area contributed by atoms with Gasteiger partial charge in [-0.3, -0.25) is 4.79 Å². The third kappa shape index (κ3) is 5.15. The van der Waals surface area contributed by atoms with Gasteiger partial charge in [0.25, 0.3) is 0 Å². The molecule has 1 aromatic rings. The van der Waals surface area contributed by atoms with Gasteiger partial charge in [-0.1, -0.05) is 27.7 Å². The van der Waals surface area contributed by atoms with Crippen LogP contribution < -0.4 is 5.32 Å². The van der Waals surface area contributed by atoms with Crippen LogP contribution in [-0.4, -0.2) is 36.3 Å². The van der Waals surface area contributed by atoms with Crippen LogP contribution in [0.4, 0.5) is 32.0 Å². The SMILES string of the molecule is CCOC(=O)CNc1c(C(C)C)cc(C(F)(F)C(O)(F)C(F)(F)F)cc1C(C)C. The Morgan fingerprint density at radius 3 is 1.83 bits per heavy atom. The fourth-order valence-electron chi connectivity index (χ4n) is 2.73. The van der Waals surface area contributed by atoms with Crippen molar-refractivity contribution >= 4 is 11.7 Å².